The van der Waals surface area contributed by atoms with Gasteiger partial charge in [-0.1, -0.05) is 0 Å². The first-order valence-corrected chi connectivity index (χ1v) is 6.88. The molecule has 18 heavy (non-hydrogen) atoms. The van der Waals surface area contributed by atoms with E-state index < -0.39 is 0 Å². The van der Waals surface area contributed by atoms with Gasteiger partial charge < -0.3 is 5.73 Å². The van der Waals surface area contributed by atoms with Gasteiger partial charge in [0, 0.05) is 6.04 Å². The van der Waals surface area contributed by atoms with Gasteiger partial charge in [-0.15, -0.1) is 5.10 Å². The molecule has 0 saturated heterocycles. The van der Waals surface area contributed by atoms with E-state index in [2.05, 4.69) is 36.1 Å². The number of nitrogens with zero attached hydrogens (tertiary/aromatic N) is 4. The molecule has 2 aromatic heterocycles. The van der Waals surface area contributed by atoms with E-state index >= 15 is 0 Å². The van der Waals surface area contributed by atoms with Crippen molar-refractivity contribution >= 4 is 33.5 Å². The van der Waals surface area contributed by atoms with E-state index in [1.165, 1.54) is 18.1 Å². The van der Waals surface area contributed by atoms with Crippen molar-refractivity contribution in [3.05, 3.63) is 21.3 Å². The van der Waals surface area contributed by atoms with Crippen LogP contribution in [0.4, 0.5) is 5.82 Å². The van der Waals surface area contributed by atoms with Crippen molar-refractivity contribution < 1.29 is 0 Å². The van der Waals surface area contributed by atoms with Gasteiger partial charge in [-0.05, 0) is 40.5 Å². The average Bonchev–Trinajstić information content (AvgIpc) is 3.11. The van der Waals surface area contributed by atoms with Crippen LogP contribution in [-0.4, -0.2) is 24.7 Å². The number of nitrogens with two attached hydrogens (primary N) is 1. The monoisotopic (exact) mass is 328 g/mol. The third-order valence-electron chi connectivity index (χ3n) is 2.56. The molecule has 1 fully saturated rings. The quantitative estimate of drug-likeness (QED) is 0.820. The summed E-state index contributed by atoms with van der Waals surface area (Å²) in [7, 11) is 0. The summed E-state index contributed by atoms with van der Waals surface area (Å²) >= 11 is 4.61. The second kappa shape index (κ2) is 4.39. The van der Waals surface area contributed by atoms with Gasteiger partial charge in [0.1, 0.15) is 17.2 Å². The summed E-state index contributed by atoms with van der Waals surface area (Å²) in [5.41, 5.74) is 5.50. The van der Waals surface area contributed by atoms with Crippen LogP contribution in [0.2, 0.25) is 0 Å². The largest absolute Gasteiger partial charge is 0.383 e. The van der Waals surface area contributed by atoms with Gasteiger partial charge >= 0.3 is 5.69 Å². The van der Waals surface area contributed by atoms with Crippen molar-refractivity contribution in [1.82, 2.24) is 24.7 Å². The van der Waals surface area contributed by atoms with Crippen LogP contribution in [0.15, 0.2) is 25.8 Å². The molecule has 3 N–H and O–H groups in total. The van der Waals surface area contributed by atoms with E-state index in [0.717, 1.165) is 12.8 Å². The number of aromatic amines is 1. The van der Waals surface area contributed by atoms with E-state index in [9.17, 15) is 4.79 Å². The molecule has 94 valence electrons. The Balaban J connectivity index is 1.97. The Hall–Kier alpha value is -1.35. The zero-order valence-electron chi connectivity index (χ0n) is 9.13. The highest BCUT2D eigenvalue weighted by atomic mass is 79.9. The number of hydrogen-bond donors (Lipinski definition) is 2. The minimum Gasteiger partial charge on any atom is -0.383 e. The van der Waals surface area contributed by atoms with E-state index in [1.54, 1.807) is 4.57 Å². The SMILES string of the molecule is Nc1ncnc(Sc2n[nH]c(=O)n2C2CC2)c1Br. The number of nitrogen functional groups attached to an aromatic ring is 1. The molecule has 0 spiro atoms. The van der Waals surface area contributed by atoms with Crippen LogP contribution in [0.1, 0.15) is 18.9 Å². The lowest BCUT2D eigenvalue weighted by Gasteiger charge is -2.05. The molecule has 9 heteroatoms. The second-order valence-corrected chi connectivity index (χ2v) is 5.64. The van der Waals surface area contributed by atoms with Crippen LogP contribution in [0.5, 0.6) is 0 Å². The number of halogens is 1. The molecular weight excluding hydrogens is 320 g/mol. The smallest absolute Gasteiger partial charge is 0.344 e. The zero-order valence-corrected chi connectivity index (χ0v) is 11.5. The Morgan fingerprint density at radius 2 is 2.28 bits per heavy atom. The van der Waals surface area contributed by atoms with E-state index in [-0.39, 0.29) is 11.7 Å². The molecule has 0 amide bonds. The van der Waals surface area contributed by atoms with Gasteiger partial charge in [0.25, 0.3) is 0 Å². The van der Waals surface area contributed by atoms with Crippen LogP contribution >= 0.6 is 27.7 Å². The normalized spacial score (nSPS) is 14.9. The van der Waals surface area contributed by atoms with Gasteiger partial charge in [-0.2, -0.15) is 0 Å². The Labute approximate surface area is 114 Å². The van der Waals surface area contributed by atoms with Crippen LogP contribution in [-0.2, 0) is 0 Å². The van der Waals surface area contributed by atoms with Gasteiger partial charge in [-0.25, -0.2) is 19.9 Å². The molecule has 1 saturated carbocycles. The molecule has 1 aliphatic carbocycles. The zero-order chi connectivity index (χ0) is 12.7. The standard InChI is InChI=1S/C9H9BrN6OS/c10-5-6(11)12-3-13-7(5)18-9-15-14-8(17)16(9)4-1-2-4/h3-4H,1-2H2,(H,14,17)(H2,11,12,13). The van der Waals surface area contributed by atoms with E-state index in [4.69, 9.17) is 5.73 Å². The van der Waals surface area contributed by atoms with Gasteiger partial charge in [0.15, 0.2) is 5.16 Å². The molecule has 7 nitrogen and oxygen atoms in total. The molecule has 3 rings (SSSR count). The van der Waals surface area contributed by atoms with Gasteiger partial charge in [-0.3, -0.25) is 4.57 Å². The maximum absolute atomic E-state index is 11.6. The number of H-pyrrole nitrogens is 1. The van der Waals surface area contributed by atoms with Crippen molar-refractivity contribution in [3.8, 4) is 0 Å². The van der Waals surface area contributed by atoms with E-state index in [1.807, 2.05) is 0 Å². The maximum Gasteiger partial charge on any atom is 0.344 e. The molecule has 0 bridgehead atoms. The van der Waals surface area contributed by atoms with Crippen LogP contribution < -0.4 is 11.4 Å². The highest BCUT2D eigenvalue weighted by Gasteiger charge is 2.29. The molecule has 1 aliphatic rings. The summed E-state index contributed by atoms with van der Waals surface area (Å²) in [4.78, 5) is 19.6. The van der Waals surface area contributed by atoms with Crippen molar-refractivity contribution in [2.45, 2.75) is 29.1 Å². The predicted molar refractivity (Wildman–Crippen MR) is 69.4 cm³/mol. The lowest BCUT2D eigenvalue weighted by atomic mass is 10.6. The molecule has 0 aliphatic heterocycles. The highest BCUT2D eigenvalue weighted by molar-refractivity contribution is 9.10. The van der Waals surface area contributed by atoms with Crippen molar-refractivity contribution in [3.63, 3.8) is 0 Å². The first-order valence-electron chi connectivity index (χ1n) is 5.27. The lowest BCUT2D eigenvalue weighted by molar-refractivity contribution is 0.642. The summed E-state index contributed by atoms with van der Waals surface area (Å²) in [6.45, 7) is 0. The molecule has 0 unspecified atom stereocenters. The van der Waals surface area contributed by atoms with Crippen molar-refractivity contribution in [2.75, 3.05) is 5.73 Å². The molecule has 2 aromatic rings. The lowest BCUT2D eigenvalue weighted by Crippen LogP contribution is -2.16. The topological polar surface area (TPSA) is 102 Å². The summed E-state index contributed by atoms with van der Waals surface area (Å²) < 4.78 is 2.28. The van der Waals surface area contributed by atoms with Crippen LogP contribution in [0.25, 0.3) is 0 Å². The number of hydrogen-bond acceptors (Lipinski definition) is 6. The number of rotatable bonds is 3. The summed E-state index contributed by atoms with van der Waals surface area (Å²) in [6, 6.07) is 0.261. The Morgan fingerprint density at radius 1 is 1.50 bits per heavy atom. The Kier molecular flexibility index (Phi) is 2.86. The molecule has 0 radical (unpaired) electrons. The molecule has 0 atom stereocenters. The Morgan fingerprint density at radius 3 is 3.00 bits per heavy atom. The number of aromatic nitrogens is 5. The first-order chi connectivity index (χ1) is 8.66. The summed E-state index contributed by atoms with van der Waals surface area (Å²) in [5, 5.41) is 7.71. The minimum atomic E-state index is -0.182. The predicted octanol–water partition coefficient (Wildman–Crippen LogP) is 1.19. The fraction of sp³-hybridized carbons (Fsp3) is 0.333. The minimum absolute atomic E-state index is 0.182. The van der Waals surface area contributed by atoms with Crippen LogP contribution in [0, 0.1) is 0 Å². The van der Waals surface area contributed by atoms with Gasteiger partial charge in [0.05, 0.1) is 4.47 Å². The van der Waals surface area contributed by atoms with Crippen molar-refractivity contribution in [1.29, 1.82) is 0 Å². The fourth-order valence-corrected chi connectivity index (χ4v) is 2.88. The fourth-order valence-electron chi connectivity index (χ4n) is 1.54. The first kappa shape index (κ1) is 11.7. The second-order valence-electron chi connectivity index (χ2n) is 3.89. The number of anilines is 1. The van der Waals surface area contributed by atoms with Crippen LogP contribution in [0.3, 0.4) is 0 Å². The molecule has 0 aromatic carbocycles. The molecular formula is C9H9BrN6OS. The maximum atomic E-state index is 11.6. The Bertz CT molecular complexity index is 649. The third kappa shape index (κ3) is 2.03. The van der Waals surface area contributed by atoms with E-state index in [0.29, 0.717) is 20.5 Å². The number of nitrogens with one attached hydrogen (secondary N) is 1. The summed E-state index contributed by atoms with van der Waals surface area (Å²) in [6.07, 6.45) is 3.41. The molecule has 2 heterocycles. The highest BCUT2D eigenvalue weighted by Crippen LogP contribution is 2.39. The average molecular weight is 329 g/mol. The summed E-state index contributed by atoms with van der Waals surface area (Å²) in [5.74, 6) is 0.364. The van der Waals surface area contributed by atoms with Crippen molar-refractivity contribution in [2.24, 2.45) is 0 Å². The van der Waals surface area contributed by atoms with Gasteiger partial charge in [0.2, 0.25) is 0 Å². The third-order valence-corrected chi connectivity index (χ3v) is 4.57.